The topological polar surface area (TPSA) is 122 Å². The molecule has 4 atom stereocenters. The van der Waals surface area contributed by atoms with Crippen molar-refractivity contribution in [2.45, 2.75) is 44.2 Å². The van der Waals surface area contributed by atoms with Crippen LogP contribution in [0.25, 0.3) is 11.2 Å². The first-order valence-corrected chi connectivity index (χ1v) is 9.55. The largest absolute Gasteiger partial charge is 0.523 e. The summed E-state index contributed by atoms with van der Waals surface area (Å²) in [4.78, 5) is 11.7. The molecule has 0 bridgehead atoms. The molecule has 0 amide bonds. The lowest BCUT2D eigenvalue weighted by Gasteiger charge is -2.22. The average Bonchev–Trinajstić information content (AvgIpc) is 3.08. The molecule has 3 rings (SSSR count). The van der Waals surface area contributed by atoms with Gasteiger partial charge in [-0.1, -0.05) is 13.8 Å². The fourth-order valence-corrected chi connectivity index (χ4v) is 3.82. The lowest BCUT2D eigenvalue weighted by molar-refractivity contribution is -0.0673. The summed E-state index contributed by atoms with van der Waals surface area (Å²) < 4.78 is 73.0. The number of nitrogen functional groups attached to an aromatic ring is 1. The third-order valence-corrected chi connectivity index (χ3v) is 5.53. The van der Waals surface area contributed by atoms with Crippen molar-refractivity contribution in [1.29, 1.82) is 0 Å². The minimum atomic E-state index is -5.84. The van der Waals surface area contributed by atoms with Crippen LogP contribution in [0, 0.1) is 5.92 Å². The predicted molar refractivity (Wildman–Crippen MR) is 88.0 cm³/mol. The Balaban J connectivity index is 2.07. The third kappa shape index (κ3) is 3.44. The number of nitrogens with two attached hydrogens (primary N) is 1. The van der Waals surface area contributed by atoms with E-state index in [4.69, 9.17) is 22.1 Å². The summed E-state index contributed by atoms with van der Waals surface area (Å²) in [5.74, 6) is -0.702. The maximum absolute atomic E-state index is 12.8. The van der Waals surface area contributed by atoms with Gasteiger partial charge in [0.1, 0.15) is 11.6 Å². The van der Waals surface area contributed by atoms with Crippen molar-refractivity contribution in [2.75, 3.05) is 5.73 Å². The minimum absolute atomic E-state index is 0.0396. The van der Waals surface area contributed by atoms with E-state index in [9.17, 15) is 21.6 Å². The van der Waals surface area contributed by atoms with Crippen LogP contribution in [0.15, 0.2) is 6.33 Å². The third-order valence-electron chi connectivity index (χ3n) is 4.32. The van der Waals surface area contributed by atoms with Crippen LogP contribution in [0.5, 0.6) is 0 Å². The van der Waals surface area contributed by atoms with E-state index >= 15 is 0 Å². The van der Waals surface area contributed by atoms with Crippen LogP contribution in [-0.2, 0) is 19.0 Å². The summed E-state index contributed by atoms with van der Waals surface area (Å²) in [7, 11) is -5.84. The molecule has 1 aliphatic heterocycles. The Labute approximate surface area is 156 Å². The zero-order valence-corrected chi connectivity index (χ0v) is 15.6. The van der Waals surface area contributed by atoms with Gasteiger partial charge in [-0.3, -0.25) is 8.75 Å². The van der Waals surface area contributed by atoms with Crippen LogP contribution in [-0.4, -0.2) is 45.7 Å². The van der Waals surface area contributed by atoms with E-state index in [1.807, 2.05) is 0 Å². The van der Waals surface area contributed by atoms with Gasteiger partial charge in [0.25, 0.3) is 0 Å². The van der Waals surface area contributed by atoms with E-state index in [1.165, 1.54) is 10.9 Å². The summed E-state index contributed by atoms with van der Waals surface area (Å²) in [6.45, 7) is 3.29. The Kier molecular flexibility index (Phi) is 4.99. The van der Waals surface area contributed by atoms with Crippen LogP contribution in [0.1, 0.15) is 26.5 Å². The highest BCUT2D eigenvalue weighted by molar-refractivity contribution is 7.87. The van der Waals surface area contributed by atoms with E-state index in [1.54, 1.807) is 13.8 Å². The number of hydrogen-bond donors (Lipinski definition) is 1. The van der Waals surface area contributed by atoms with Crippen molar-refractivity contribution in [3.8, 4) is 0 Å². The molecule has 1 unspecified atom stereocenters. The number of ether oxygens (including phenoxy) is 1. The minimum Gasteiger partial charge on any atom is -0.382 e. The molecule has 2 aromatic heterocycles. The molecule has 0 aliphatic carbocycles. The van der Waals surface area contributed by atoms with Crippen molar-refractivity contribution >= 4 is 38.7 Å². The van der Waals surface area contributed by atoms with Crippen molar-refractivity contribution < 1.29 is 30.5 Å². The van der Waals surface area contributed by atoms with Gasteiger partial charge < -0.3 is 10.5 Å². The maximum Gasteiger partial charge on any atom is 0.523 e. The van der Waals surface area contributed by atoms with Gasteiger partial charge in [-0.15, -0.1) is 0 Å². The molecule has 150 valence electrons. The van der Waals surface area contributed by atoms with Crippen LogP contribution in [0.4, 0.5) is 19.0 Å². The summed E-state index contributed by atoms with van der Waals surface area (Å²) in [5, 5.41) is -0.208. The molecule has 2 aromatic rings. The van der Waals surface area contributed by atoms with E-state index in [2.05, 4.69) is 19.1 Å². The Morgan fingerprint density at radius 3 is 2.67 bits per heavy atom. The van der Waals surface area contributed by atoms with Crippen molar-refractivity contribution in [1.82, 2.24) is 19.5 Å². The second-order valence-electron chi connectivity index (χ2n) is 6.00. The Morgan fingerprint density at radius 1 is 1.41 bits per heavy atom. The Morgan fingerprint density at radius 2 is 2.07 bits per heavy atom. The number of rotatable bonds is 4. The molecule has 0 saturated carbocycles. The average molecular weight is 430 g/mol. The standard InChI is InChI=1S/C13H15ClF3N5O4S/c1-3-6-5(2)8(26-27(23,24)13(15,16)17)11(25-6)22-4-19-7-9(18)20-12(14)21-10(7)22/h4-6,8,11H,3H2,1-2H3,(H2,18,20,21)/t5-,6+,8?,11+/m0/s1. The van der Waals surface area contributed by atoms with Gasteiger partial charge in [-0.25, -0.2) is 4.98 Å². The summed E-state index contributed by atoms with van der Waals surface area (Å²) in [5.41, 5.74) is 0.383. The molecule has 0 aromatic carbocycles. The number of alkyl halides is 3. The van der Waals surface area contributed by atoms with E-state index in [0.29, 0.717) is 6.42 Å². The van der Waals surface area contributed by atoms with Gasteiger partial charge in [0.15, 0.2) is 17.7 Å². The molecule has 2 N–H and O–H groups in total. The molecular weight excluding hydrogens is 415 g/mol. The summed E-state index contributed by atoms with van der Waals surface area (Å²) >= 11 is 5.79. The molecule has 9 nitrogen and oxygen atoms in total. The van der Waals surface area contributed by atoms with Crippen molar-refractivity contribution in [3.63, 3.8) is 0 Å². The lowest BCUT2D eigenvalue weighted by Crippen LogP contribution is -2.35. The molecule has 1 fully saturated rings. The normalized spacial score (nSPS) is 26.7. The smallest absolute Gasteiger partial charge is 0.382 e. The number of fused-ring (bicyclic) bond motifs is 1. The van der Waals surface area contributed by atoms with Crippen LogP contribution in [0.2, 0.25) is 5.28 Å². The quantitative estimate of drug-likeness (QED) is 0.446. The maximum atomic E-state index is 12.8. The van der Waals surface area contributed by atoms with Crippen molar-refractivity contribution in [2.24, 2.45) is 5.92 Å². The number of hydrogen-bond acceptors (Lipinski definition) is 8. The summed E-state index contributed by atoms with van der Waals surface area (Å²) in [6.07, 6.45) is -1.62. The van der Waals surface area contributed by atoms with Crippen LogP contribution in [0.3, 0.4) is 0 Å². The van der Waals surface area contributed by atoms with Gasteiger partial charge >= 0.3 is 15.6 Å². The SMILES string of the molecule is CC[C@H]1O[C@@H](n2cnc3c(N)nc(Cl)nc32)C(OS(=O)(=O)C(F)(F)F)[C@H]1C. The molecule has 14 heteroatoms. The first-order chi connectivity index (χ1) is 12.5. The van der Waals surface area contributed by atoms with Gasteiger partial charge in [-0.05, 0) is 18.0 Å². The number of halogens is 4. The first-order valence-electron chi connectivity index (χ1n) is 7.76. The lowest BCUT2D eigenvalue weighted by atomic mass is 9.99. The fraction of sp³-hybridized carbons (Fsp3) is 0.615. The molecule has 1 aliphatic rings. The fourth-order valence-electron chi connectivity index (χ4n) is 2.98. The highest BCUT2D eigenvalue weighted by atomic mass is 35.5. The predicted octanol–water partition coefficient (Wildman–Crippen LogP) is 2.24. The monoisotopic (exact) mass is 429 g/mol. The number of anilines is 1. The Hall–Kier alpha value is -1.70. The summed E-state index contributed by atoms with van der Waals surface area (Å²) in [6, 6.07) is 0. The zero-order chi connectivity index (χ0) is 20.1. The number of nitrogens with zero attached hydrogens (tertiary/aromatic N) is 4. The van der Waals surface area contributed by atoms with E-state index < -0.39 is 40.0 Å². The molecule has 0 spiro atoms. The second-order valence-corrected chi connectivity index (χ2v) is 7.90. The molecular formula is C13H15ClF3N5O4S. The van der Waals surface area contributed by atoms with Crippen molar-refractivity contribution in [3.05, 3.63) is 11.6 Å². The van der Waals surface area contributed by atoms with Crippen LogP contribution < -0.4 is 5.73 Å². The van der Waals surface area contributed by atoms with E-state index in [-0.39, 0.29) is 22.3 Å². The highest BCUT2D eigenvalue weighted by Crippen LogP contribution is 2.41. The highest BCUT2D eigenvalue weighted by Gasteiger charge is 2.53. The van der Waals surface area contributed by atoms with Gasteiger partial charge in [0, 0.05) is 5.92 Å². The van der Waals surface area contributed by atoms with Gasteiger partial charge in [0.2, 0.25) is 5.28 Å². The Bertz CT molecular complexity index is 967. The van der Waals surface area contributed by atoms with Crippen LogP contribution >= 0.6 is 11.6 Å². The molecule has 0 radical (unpaired) electrons. The molecule has 27 heavy (non-hydrogen) atoms. The molecule has 1 saturated heterocycles. The second kappa shape index (κ2) is 6.72. The molecule has 3 heterocycles. The first kappa shape index (κ1) is 20.0. The van der Waals surface area contributed by atoms with Gasteiger partial charge in [0.05, 0.1) is 12.4 Å². The number of imidazole rings is 1. The van der Waals surface area contributed by atoms with Gasteiger partial charge in [-0.2, -0.15) is 31.6 Å². The zero-order valence-electron chi connectivity index (χ0n) is 14.0. The van der Waals surface area contributed by atoms with E-state index in [0.717, 1.165) is 0 Å². The number of aromatic nitrogens is 4.